The zero-order valence-electron chi connectivity index (χ0n) is 18.5. The zero-order chi connectivity index (χ0) is 23.3. The lowest BCUT2D eigenvalue weighted by atomic mass is 9.65. The summed E-state index contributed by atoms with van der Waals surface area (Å²) in [5, 5.41) is 22.3. The first-order valence-corrected chi connectivity index (χ1v) is 10.8. The van der Waals surface area contributed by atoms with E-state index in [4.69, 9.17) is 5.11 Å². The highest BCUT2D eigenvalue weighted by atomic mass is 16.4. The maximum atomic E-state index is 12.5. The first-order chi connectivity index (χ1) is 15.0. The Morgan fingerprint density at radius 3 is 2.62 bits per heavy atom. The fraction of sp³-hybridized carbons (Fsp3) is 0.458. The number of rotatable bonds is 6. The summed E-state index contributed by atoms with van der Waals surface area (Å²) in [7, 11) is 0. The molecule has 1 saturated carbocycles. The van der Waals surface area contributed by atoms with Gasteiger partial charge in [-0.15, -0.1) is 0 Å². The number of hydrogen-bond donors (Lipinski definition) is 4. The van der Waals surface area contributed by atoms with E-state index in [9.17, 15) is 19.5 Å². The van der Waals surface area contributed by atoms with Gasteiger partial charge in [0, 0.05) is 53.1 Å². The Morgan fingerprint density at radius 1 is 1.19 bits per heavy atom. The Balaban J connectivity index is 1.62. The standard InChI is InChI=1S/C24H29N3O5/c1-23(2)9-15-10-24(3,12-23)13-27(15)21(22(31)32)17-11-25-18-8-14(4-5-16(17)18)26-19(28)6-7-20(29)30/h4-8,11,15,21,25H,9-10,12-13H2,1-3H3,(H,26,28)(H,29,30)(H,31,32)/b7-6+/t15-,21+,24-/m1/s1. The van der Waals surface area contributed by atoms with Crippen molar-refractivity contribution in [2.75, 3.05) is 11.9 Å². The van der Waals surface area contributed by atoms with E-state index < -0.39 is 23.9 Å². The molecule has 3 atom stereocenters. The van der Waals surface area contributed by atoms with Crippen LogP contribution in [0.4, 0.5) is 5.69 Å². The van der Waals surface area contributed by atoms with Crippen LogP contribution in [0.3, 0.4) is 0 Å². The SMILES string of the molecule is CC1(C)C[C@@H]2C[C@@](C)(CN2[C@H](C(=O)O)c2c[nH]c3cc(NC(=O)/C=C/C(=O)O)ccc23)C1. The summed E-state index contributed by atoms with van der Waals surface area (Å²) in [6, 6.07) is 4.69. The number of carboxylic acids is 2. The van der Waals surface area contributed by atoms with Crippen LogP contribution in [-0.4, -0.2) is 50.5 Å². The molecule has 2 aromatic rings. The molecule has 2 fully saturated rings. The number of carboxylic acid groups (broad SMARTS) is 2. The van der Waals surface area contributed by atoms with E-state index in [2.05, 4.69) is 36.0 Å². The van der Waals surface area contributed by atoms with Crippen molar-refractivity contribution in [3.8, 4) is 0 Å². The number of carbonyl (C=O) groups excluding carboxylic acids is 1. The fourth-order valence-corrected chi connectivity index (χ4v) is 6.04. The van der Waals surface area contributed by atoms with E-state index in [0.717, 1.165) is 43.3 Å². The van der Waals surface area contributed by atoms with Gasteiger partial charge in [-0.3, -0.25) is 14.5 Å². The molecular weight excluding hydrogens is 410 g/mol. The van der Waals surface area contributed by atoms with Crippen LogP contribution in [0.25, 0.3) is 10.9 Å². The minimum atomic E-state index is -1.20. The van der Waals surface area contributed by atoms with E-state index in [1.165, 1.54) is 0 Å². The van der Waals surface area contributed by atoms with E-state index in [0.29, 0.717) is 16.8 Å². The first kappa shape index (κ1) is 22.1. The van der Waals surface area contributed by atoms with Crippen molar-refractivity contribution in [1.82, 2.24) is 9.88 Å². The Kier molecular flexibility index (Phi) is 5.36. The number of amides is 1. The van der Waals surface area contributed by atoms with Gasteiger partial charge >= 0.3 is 11.9 Å². The van der Waals surface area contributed by atoms with Gasteiger partial charge in [-0.25, -0.2) is 4.79 Å². The van der Waals surface area contributed by atoms with Gasteiger partial charge in [-0.1, -0.05) is 26.8 Å². The maximum Gasteiger partial charge on any atom is 0.328 e. The summed E-state index contributed by atoms with van der Waals surface area (Å²) in [5.74, 6) is -2.62. The zero-order valence-corrected chi connectivity index (χ0v) is 18.5. The molecule has 1 aromatic heterocycles. The molecule has 1 amide bonds. The summed E-state index contributed by atoms with van der Waals surface area (Å²) in [6.07, 6.45) is 6.55. The van der Waals surface area contributed by atoms with Gasteiger partial charge in [0.1, 0.15) is 6.04 Å². The number of nitrogens with zero attached hydrogens (tertiary/aromatic N) is 1. The molecule has 0 radical (unpaired) electrons. The number of hydrogen-bond acceptors (Lipinski definition) is 4. The summed E-state index contributed by atoms with van der Waals surface area (Å²) in [5.41, 5.74) is 2.22. The fourth-order valence-electron chi connectivity index (χ4n) is 6.04. The van der Waals surface area contributed by atoms with Gasteiger partial charge in [0.25, 0.3) is 0 Å². The minimum absolute atomic E-state index is 0.118. The van der Waals surface area contributed by atoms with E-state index in [1.807, 2.05) is 0 Å². The molecule has 32 heavy (non-hydrogen) atoms. The second-order valence-corrected chi connectivity index (χ2v) is 10.3. The Morgan fingerprint density at radius 2 is 1.94 bits per heavy atom. The molecule has 8 heteroatoms. The second kappa shape index (κ2) is 7.78. The lowest BCUT2D eigenvalue weighted by molar-refractivity contribution is -0.144. The van der Waals surface area contributed by atoms with Gasteiger partial charge in [-0.2, -0.15) is 0 Å². The molecule has 1 aromatic carbocycles. The summed E-state index contributed by atoms with van der Waals surface area (Å²) < 4.78 is 0. The van der Waals surface area contributed by atoms with Crippen LogP contribution < -0.4 is 5.32 Å². The number of likely N-dealkylation sites (tertiary alicyclic amines) is 1. The number of benzene rings is 1. The van der Waals surface area contributed by atoms with Crippen molar-refractivity contribution < 1.29 is 24.6 Å². The molecule has 4 N–H and O–H groups in total. The van der Waals surface area contributed by atoms with Crippen molar-refractivity contribution in [3.05, 3.63) is 42.1 Å². The average molecular weight is 440 g/mol. The third-order valence-corrected chi connectivity index (χ3v) is 6.67. The highest BCUT2D eigenvalue weighted by Crippen LogP contribution is 2.54. The highest BCUT2D eigenvalue weighted by Gasteiger charge is 2.52. The smallest absolute Gasteiger partial charge is 0.328 e. The molecule has 2 heterocycles. The molecule has 4 rings (SSSR count). The number of carbonyl (C=O) groups is 3. The van der Waals surface area contributed by atoms with Crippen LogP contribution >= 0.6 is 0 Å². The number of fused-ring (bicyclic) bond motifs is 3. The lowest BCUT2D eigenvalue weighted by Crippen LogP contribution is -2.39. The van der Waals surface area contributed by atoms with Crippen LogP contribution in [0.5, 0.6) is 0 Å². The van der Waals surface area contributed by atoms with Crippen molar-refractivity contribution in [2.24, 2.45) is 10.8 Å². The molecule has 1 saturated heterocycles. The third-order valence-electron chi connectivity index (χ3n) is 6.67. The Bertz CT molecular complexity index is 1120. The van der Waals surface area contributed by atoms with E-state index >= 15 is 0 Å². The van der Waals surface area contributed by atoms with Gasteiger partial charge < -0.3 is 20.5 Å². The number of aliphatic carboxylic acids is 2. The van der Waals surface area contributed by atoms with Crippen LogP contribution in [0.1, 0.15) is 51.6 Å². The largest absolute Gasteiger partial charge is 0.480 e. The third kappa shape index (κ3) is 4.27. The molecule has 170 valence electrons. The van der Waals surface area contributed by atoms with Gasteiger partial charge in [-0.05, 0) is 42.2 Å². The van der Waals surface area contributed by atoms with Crippen molar-refractivity contribution in [2.45, 2.75) is 52.1 Å². The Labute approximate surface area is 186 Å². The minimum Gasteiger partial charge on any atom is -0.480 e. The first-order valence-electron chi connectivity index (χ1n) is 10.8. The lowest BCUT2D eigenvalue weighted by Gasteiger charge is -2.40. The van der Waals surface area contributed by atoms with Gasteiger partial charge in [0.05, 0.1) is 0 Å². The Hall–Kier alpha value is -3.13. The number of anilines is 1. The molecule has 0 spiro atoms. The number of H-pyrrole nitrogens is 1. The second-order valence-electron chi connectivity index (χ2n) is 10.3. The predicted octanol–water partition coefficient (Wildman–Crippen LogP) is 3.77. The maximum absolute atomic E-state index is 12.5. The van der Waals surface area contributed by atoms with E-state index in [-0.39, 0.29) is 16.9 Å². The van der Waals surface area contributed by atoms with Crippen molar-refractivity contribution in [3.63, 3.8) is 0 Å². The number of nitrogens with one attached hydrogen (secondary N) is 2. The van der Waals surface area contributed by atoms with Gasteiger partial charge in [0.2, 0.25) is 5.91 Å². The number of aromatic amines is 1. The van der Waals surface area contributed by atoms with E-state index in [1.54, 1.807) is 24.4 Å². The van der Waals surface area contributed by atoms with Crippen LogP contribution in [0.15, 0.2) is 36.5 Å². The quantitative estimate of drug-likeness (QED) is 0.508. The number of aromatic nitrogens is 1. The molecule has 1 aliphatic heterocycles. The van der Waals surface area contributed by atoms with Crippen molar-refractivity contribution >= 4 is 34.4 Å². The van der Waals surface area contributed by atoms with Gasteiger partial charge in [0.15, 0.2) is 0 Å². The normalized spacial score (nSPS) is 25.8. The summed E-state index contributed by atoms with van der Waals surface area (Å²) in [6.45, 7) is 7.56. The molecule has 2 aliphatic rings. The molecule has 2 bridgehead atoms. The molecule has 8 nitrogen and oxygen atoms in total. The topological polar surface area (TPSA) is 123 Å². The predicted molar refractivity (Wildman–Crippen MR) is 120 cm³/mol. The average Bonchev–Trinajstić information content (AvgIpc) is 3.17. The highest BCUT2D eigenvalue weighted by molar-refractivity contribution is 6.03. The van der Waals surface area contributed by atoms with Crippen molar-refractivity contribution in [1.29, 1.82) is 0 Å². The van der Waals surface area contributed by atoms with Crippen LogP contribution in [0.2, 0.25) is 0 Å². The van der Waals surface area contributed by atoms with Crippen LogP contribution in [0, 0.1) is 10.8 Å². The summed E-state index contributed by atoms with van der Waals surface area (Å²) in [4.78, 5) is 40.2. The summed E-state index contributed by atoms with van der Waals surface area (Å²) >= 11 is 0. The molecule has 1 aliphatic carbocycles. The molecule has 0 unspecified atom stereocenters. The molecular formula is C24H29N3O5. The van der Waals surface area contributed by atoms with Crippen LogP contribution in [-0.2, 0) is 14.4 Å². The monoisotopic (exact) mass is 439 g/mol.